The van der Waals surface area contributed by atoms with E-state index >= 15 is 0 Å². The topological polar surface area (TPSA) is 53.7 Å². The van der Waals surface area contributed by atoms with Crippen molar-refractivity contribution in [3.8, 4) is 17.2 Å². The molecule has 0 saturated heterocycles. The van der Waals surface area contributed by atoms with Gasteiger partial charge in [0.2, 0.25) is 6.79 Å². The maximum atomic E-state index is 6.03. The van der Waals surface area contributed by atoms with Gasteiger partial charge < -0.3 is 19.9 Å². The summed E-state index contributed by atoms with van der Waals surface area (Å²) in [5.74, 6) is 2.28. The number of ether oxygens (including phenoxy) is 3. The summed E-state index contributed by atoms with van der Waals surface area (Å²) < 4.78 is 16.6. The zero-order valence-electron chi connectivity index (χ0n) is 11.5. The number of nitrogens with two attached hydrogens (primary N) is 1. The van der Waals surface area contributed by atoms with Crippen LogP contribution in [0.25, 0.3) is 0 Å². The van der Waals surface area contributed by atoms with E-state index in [4.69, 9.17) is 19.9 Å². The van der Waals surface area contributed by atoms with Gasteiger partial charge in [-0.25, -0.2) is 0 Å². The van der Waals surface area contributed by atoms with Crippen LogP contribution in [0.5, 0.6) is 17.2 Å². The van der Waals surface area contributed by atoms with Crippen LogP contribution >= 0.6 is 0 Å². The Morgan fingerprint density at radius 1 is 1.42 bits per heavy atom. The number of fused-ring (bicyclic) bond motifs is 1. The molecule has 1 aliphatic heterocycles. The van der Waals surface area contributed by atoms with Gasteiger partial charge in [0.15, 0.2) is 11.5 Å². The van der Waals surface area contributed by atoms with E-state index in [9.17, 15) is 0 Å². The molecular weight excluding hydrogens is 242 g/mol. The minimum absolute atomic E-state index is 0.0584. The molecule has 4 heteroatoms. The molecule has 1 heterocycles. The predicted molar refractivity (Wildman–Crippen MR) is 74.8 cm³/mol. The largest absolute Gasteiger partial charge is 0.486 e. The fraction of sp³-hybridized carbons (Fsp3) is 0.467. The fourth-order valence-corrected chi connectivity index (χ4v) is 1.91. The summed E-state index contributed by atoms with van der Waals surface area (Å²) in [6.45, 7) is 8.01. The lowest BCUT2D eigenvalue weighted by atomic mass is 10.0. The Morgan fingerprint density at radius 3 is 2.74 bits per heavy atom. The molecule has 0 saturated carbocycles. The summed E-state index contributed by atoms with van der Waals surface area (Å²) >= 11 is 0. The van der Waals surface area contributed by atoms with Crippen LogP contribution in [0.1, 0.15) is 25.8 Å². The SMILES string of the molecule is C=CC(C)Oc1cc2c(cc1CC(N)CC)OCO2. The quantitative estimate of drug-likeness (QED) is 0.802. The van der Waals surface area contributed by atoms with E-state index < -0.39 is 0 Å². The van der Waals surface area contributed by atoms with Crippen LogP contribution in [0.2, 0.25) is 0 Å². The lowest BCUT2D eigenvalue weighted by Crippen LogP contribution is -2.22. The third kappa shape index (κ3) is 3.20. The molecule has 0 radical (unpaired) electrons. The number of hydrogen-bond donors (Lipinski definition) is 1. The molecule has 1 aliphatic rings. The maximum absolute atomic E-state index is 6.03. The van der Waals surface area contributed by atoms with E-state index in [2.05, 4.69) is 13.5 Å². The van der Waals surface area contributed by atoms with Gasteiger partial charge in [0.25, 0.3) is 0 Å². The van der Waals surface area contributed by atoms with E-state index in [1.807, 2.05) is 19.1 Å². The molecule has 2 rings (SSSR count). The summed E-state index contributed by atoms with van der Waals surface area (Å²) in [6, 6.07) is 3.95. The Morgan fingerprint density at radius 2 is 2.11 bits per heavy atom. The predicted octanol–water partition coefficient (Wildman–Crippen LogP) is 2.65. The first kappa shape index (κ1) is 13.7. The molecule has 0 aromatic heterocycles. The Hall–Kier alpha value is -1.68. The molecule has 1 aromatic carbocycles. The first-order valence-electron chi connectivity index (χ1n) is 6.61. The molecule has 0 aliphatic carbocycles. The summed E-state index contributed by atoms with van der Waals surface area (Å²) in [5.41, 5.74) is 7.08. The normalized spacial score (nSPS) is 15.9. The molecular formula is C15H21NO3. The molecule has 4 nitrogen and oxygen atoms in total. The van der Waals surface area contributed by atoms with Crippen LogP contribution in [0.3, 0.4) is 0 Å². The first-order chi connectivity index (χ1) is 9.13. The van der Waals surface area contributed by atoms with Crippen molar-refractivity contribution in [2.24, 2.45) is 5.73 Å². The van der Waals surface area contributed by atoms with Crippen molar-refractivity contribution in [2.75, 3.05) is 6.79 Å². The van der Waals surface area contributed by atoms with E-state index in [-0.39, 0.29) is 18.9 Å². The average Bonchev–Trinajstić information content (AvgIpc) is 2.85. The standard InChI is InChI=1S/C15H21NO3/c1-4-10(3)19-13-8-15-14(17-9-18-15)7-11(13)6-12(16)5-2/h4,7-8,10,12H,1,5-6,9,16H2,2-3H3. The van der Waals surface area contributed by atoms with Crippen molar-refractivity contribution in [3.05, 3.63) is 30.4 Å². The minimum atomic E-state index is -0.0584. The van der Waals surface area contributed by atoms with Crippen molar-refractivity contribution in [1.29, 1.82) is 0 Å². The average molecular weight is 263 g/mol. The molecule has 2 unspecified atom stereocenters. The van der Waals surface area contributed by atoms with Gasteiger partial charge in [-0.1, -0.05) is 19.6 Å². The van der Waals surface area contributed by atoms with Gasteiger partial charge in [0.05, 0.1) is 0 Å². The van der Waals surface area contributed by atoms with Crippen molar-refractivity contribution >= 4 is 0 Å². The maximum Gasteiger partial charge on any atom is 0.231 e. The first-order valence-corrected chi connectivity index (χ1v) is 6.61. The Kier molecular flexibility index (Phi) is 4.32. The molecule has 2 N–H and O–H groups in total. The number of rotatable bonds is 6. The summed E-state index contributed by atoms with van der Waals surface area (Å²) in [7, 11) is 0. The third-order valence-electron chi connectivity index (χ3n) is 3.21. The van der Waals surface area contributed by atoms with Gasteiger partial charge in [0, 0.05) is 12.1 Å². The zero-order valence-corrected chi connectivity index (χ0v) is 11.5. The highest BCUT2D eigenvalue weighted by Crippen LogP contribution is 2.39. The van der Waals surface area contributed by atoms with Crippen molar-refractivity contribution in [3.63, 3.8) is 0 Å². The molecule has 104 valence electrons. The summed E-state index contributed by atoms with van der Waals surface area (Å²) in [6.07, 6.45) is 3.38. The Balaban J connectivity index is 2.29. The van der Waals surface area contributed by atoms with Gasteiger partial charge in [-0.15, -0.1) is 0 Å². The van der Waals surface area contributed by atoms with E-state index in [0.29, 0.717) is 0 Å². The van der Waals surface area contributed by atoms with Crippen LogP contribution in [0.4, 0.5) is 0 Å². The third-order valence-corrected chi connectivity index (χ3v) is 3.21. The second kappa shape index (κ2) is 5.97. The highest BCUT2D eigenvalue weighted by molar-refractivity contribution is 5.52. The Labute approximate surface area is 114 Å². The Bertz CT molecular complexity index is 459. The summed E-state index contributed by atoms with van der Waals surface area (Å²) in [4.78, 5) is 0. The molecule has 0 fully saturated rings. The molecule has 0 bridgehead atoms. The fourth-order valence-electron chi connectivity index (χ4n) is 1.91. The van der Waals surface area contributed by atoms with Crippen LogP contribution < -0.4 is 19.9 Å². The van der Waals surface area contributed by atoms with Gasteiger partial charge in [0.1, 0.15) is 11.9 Å². The second-order valence-corrected chi connectivity index (χ2v) is 4.74. The van der Waals surface area contributed by atoms with E-state index in [1.165, 1.54) is 0 Å². The number of benzene rings is 1. The van der Waals surface area contributed by atoms with Crippen LogP contribution in [0, 0.1) is 0 Å². The van der Waals surface area contributed by atoms with Gasteiger partial charge >= 0.3 is 0 Å². The second-order valence-electron chi connectivity index (χ2n) is 4.74. The van der Waals surface area contributed by atoms with Gasteiger partial charge in [-0.2, -0.15) is 0 Å². The highest BCUT2D eigenvalue weighted by atomic mass is 16.7. The molecule has 0 spiro atoms. The van der Waals surface area contributed by atoms with Crippen LogP contribution in [-0.2, 0) is 6.42 Å². The van der Waals surface area contributed by atoms with Crippen LogP contribution in [0.15, 0.2) is 24.8 Å². The molecule has 2 atom stereocenters. The monoisotopic (exact) mass is 263 g/mol. The zero-order chi connectivity index (χ0) is 13.8. The van der Waals surface area contributed by atoms with Gasteiger partial charge in [-0.05, 0) is 31.4 Å². The summed E-state index contributed by atoms with van der Waals surface area (Å²) in [5, 5.41) is 0. The van der Waals surface area contributed by atoms with Crippen molar-refractivity contribution in [1.82, 2.24) is 0 Å². The smallest absolute Gasteiger partial charge is 0.231 e. The minimum Gasteiger partial charge on any atom is -0.486 e. The number of hydrogen-bond acceptors (Lipinski definition) is 4. The van der Waals surface area contributed by atoms with E-state index in [0.717, 1.165) is 35.7 Å². The molecule has 19 heavy (non-hydrogen) atoms. The molecule has 0 amide bonds. The molecule has 1 aromatic rings. The lowest BCUT2D eigenvalue weighted by molar-refractivity contribution is 0.173. The highest BCUT2D eigenvalue weighted by Gasteiger charge is 2.19. The van der Waals surface area contributed by atoms with Gasteiger partial charge in [-0.3, -0.25) is 0 Å². The van der Waals surface area contributed by atoms with Crippen LogP contribution in [-0.4, -0.2) is 18.9 Å². The van der Waals surface area contributed by atoms with E-state index in [1.54, 1.807) is 6.08 Å². The van der Waals surface area contributed by atoms with Crippen molar-refractivity contribution in [2.45, 2.75) is 38.8 Å². The van der Waals surface area contributed by atoms with Crippen molar-refractivity contribution < 1.29 is 14.2 Å². The lowest BCUT2D eigenvalue weighted by Gasteiger charge is -2.17.